The van der Waals surface area contributed by atoms with Gasteiger partial charge in [0.15, 0.2) is 11.5 Å². The van der Waals surface area contributed by atoms with E-state index in [-0.39, 0.29) is 22.7 Å². The molecule has 1 aliphatic rings. The summed E-state index contributed by atoms with van der Waals surface area (Å²) >= 11 is 0. The van der Waals surface area contributed by atoms with E-state index >= 15 is 4.39 Å². The number of fused-ring (bicyclic) bond motifs is 3. The number of nitrogens with one attached hydrogen (secondary N) is 1. The second-order valence-corrected chi connectivity index (χ2v) is 10.2. The molecule has 9 nitrogen and oxygen atoms in total. The molecule has 0 spiro atoms. The van der Waals surface area contributed by atoms with Crippen LogP contribution >= 0.6 is 0 Å². The Kier molecular flexibility index (Phi) is 7.22. The van der Waals surface area contributed by atoms with Crippen molar-refractivity contribution in [2.75, 3.05) is 31.6 Å². The lowest BCUT2D eigenvalue weighted by atomic mass is 10.0. The average Bonchev–Trinajstić information content (AvgIpc) is 3.01. The maximum Gasteiger partial charge on any atom is 0.341 e. The van der Waals surface area contributed by atoms with Crippen molar-refractivity contribution in [1.82, 2.24) is 14.9 Å². The number of pyridine rings is 2. The van der Waals surface area contributed by atoms with Gasteiger partial charge in [-0.2, -0.15) is 0 Å². The number of halogens is 1. The molecular weight excluding hydrogens is 539 g/mol. The summed E-state index contributed by atoms with van der Waals surface area (Å²) in [5.41, 5.74) is 2.07. The van der Waals surface area contributed by atoms with Crippen LogP contribution in [0.4, 0.5) is 10.1 Å². The van der Waals surface area contributed by atoms with Crippen molar-refractivity contribution in [2.24, 2.45) is 7.05 Å². The zero-order valence-corrected chi connectivity index (χ0v) is 23.1. The summed E-state index contributed by atoms with van der Waals surface area (Å²) in [6, 6.07) is 18.3. The Balaban J connectivity index is 1.34. The molecule has 42 heavy (non-hydrogen) atoms. The molecule has 6 rings (SSSR count). The number of ether oxygens (including phenoxy) is 2. The number of aryl methyl sites for hydroxylation is 1. The first-order valence-corrected chi connectivity index (χ1v) is 13.5. The highest BCUT2D eigenvalue weighted by Crippen LogP contribution is 2.36. The third-order valence-corrected chi connectivity index (χ3v) is 7.67. The van der Waals surface area contributed by atoms with E-state index in [0.717, 1.165) is 11.1 Å². The summed E-state index contributed by atoms with van der Waals surface area (Å²) in [5.74, 6) is -0.571. The highest BCUT2D eigenvalue weighted by Gasteiger charge is 2.27. The van der Waals surface area contributed by atoms with Gasteiger partial charge in [-0.15, -0.1) is 0 Å². The number of benzene rings is 3. The molecule has 1 saturated heterocycles. The Morgan fingerprint density at radius 2 is 1.95 bits per heavy atom. The normalized spacial score (nSPS) is 15.2. The number of aromatic carboxylic acids is 1. The van der Waals surface area contributed by atoms with Crippen molar-refractivity contribution in [3.8, 4) is 11.5 Å². The molecule has 10 heteroatoms. The van der Waals surface area contributed by atoms with E-state index in [1.807, 2.05) is 53.4 Å². The van der Waals surface area contributed by atoms with Gasteiger partial charge in [-0.25, -0.2) is 9.18 Å². The van der Waals surface area contributed by atoms with Crippen LogP contribution < -0.4 is 25.1 Å². The van der Waals surface area contributed by atoms with Crippen LogP contribution in [0.3, 0.4) is 0 Å². The van der Waals surface area contributed by atoms with Gasteiger partial charge in [-0.3, -0.25) is 9.78 Å². The molecule has 1 unspecified atom stereocenters. The fourth-order valence-corrected chi connectivity index (χ4v) is 5.56. The van der Waals surface area contributed by atoms with Crippen molar-refractivity contribution >= 4 is 33.5 Å². The van der Waals surface area contributed by atoms with Crippen LogP contribution in [0.15, 0.2) is 77.9 Å². The van der Waals surface area contributed by atoms with Gasteiger partial charge in [0.25, 0.3) is 0 Å². The molecule has 2 aromatic heterocycles. The second kappa shape index (κ2) is 11.1. The quantitative estimate of drug-likeness (QED) is 0.273. The predicted octanol–water partition coefficient (Wildman–Crippen LogP) is 4.66. The lowest BCUT2D eigenvalue weighted by Gasteiger charge is -2.36. The summed E-state index contributed by atoms with van der Waals surface area (Å²) in [6.45, 7) is 1.92. The Bertz CT molecular complexity index is 1880. The summed E-state index contributed by atoms with van der Waals surface area (Å²) in [5, 5.41) is 13.7. The summed E-state index contributed by atoms with van der Waals surface area (Å²) in [4.78, 5) is 31.4. The van der Waals surface area contributed by atoms with E-state index in [0.29, 0.717) is 54.2 Å². The molecule has 0 amide bonds. The van der Waals surface area contributed by atoms with Crippen LogP contribution in [0, 0.1) is 5.82 Å². The van der Waals surface area contributed by atoms with E-state index in [1.54, 1.807) is 18.7 Å². The number of carbonyl (C=O) groups is 1. The fraction of sp³-hybridized carbons (Fsp3) is 0.219. The highest BCUT2D eigenvalue weighted by atomic mass is 19.1. The van der Waals surface area contributed by atoms with E-state index in [2.05, 4.69) is 10.3 Å². The standard InChI is InChI=1S/C32H29FN4O5/c1-36-16-22(32(39)40)31(38)28-21-9-10-23(33)30(29(21)35-15-25(28)36)37-13-12-34-24(17-37)20-8-11-26(27(14-20)41-2)42-18-19-6-4-3-5-7-19/h3-11,14-16,24,34H,12-13,17-18H2,1-2H3,(H,39,40). The monoisotopic (exact) mass is 568 g/mol. The fourth-order valence-electron chi connectivity index (χ4n) is 5.56. The Hall–Kier alpha value is -4.96. The molecule has 0 bridgehead atoms. The minimum absolute atomic E-state index is 0.155. The molecule has 1 aliphatic heterocycles. The molecule has 1 atom stereocenters. The molecule has 214 valence electrons. The van der Waals surface area contributed by atoms with Gasteiger partial charge < -0.3 is 29.4 Å². The van der Waals surface area contributed by atoms with Crippen molar-refractivity contribution in [3.05, 3.63) is 106 Å². The molecule has 3 heterocycles. The van der Waals surface area contributed by atoms with Crippen LogP contribution in [0.25, 0.3) is 21.8 Å². The van der Waals surface area contributed by atoms with Gasteiger partial charge in [0.2, 0.25) is 5.43 Å². The lowest BCUT2D eigenvalue weighted by Crippen LogP contribution is -2.46. The number of rotatable bonds is 7. The van der Waals surface area contributed by atoms with Gasteiger partial charge in [0.1, 0.15) is 18.0 Å². The number of carboxylic acid groups (broad SMARTS) is 1. The summed E-state index contributed by atoms with van der Waals surface area (Å²) in [7, 11) is 3.25. The lowest BCUT2D eigenvalue weighted by molar-refractivity contribution is 0.0695. The van der Waals surface area contributed by atoms with Crippen LogP contribution in [0.2, 0.25) is 0 Å². The summed E-state index contributed by atoms with van der Waals surface area (Å²) < 4.78 is 28.7. The second-order valence-electron chi connectivity index (χ2n) is 10.2. The zero-order chi connectivity index (χ0) is 29.4. The minimum Gasteiger partial charge on any atom is -0.493 e. The summed E-state index contributed by atoms with van der Waals surface area (Å²) in [6.07, 6.45) is 2.77. The Labute approximate surface area is 240 Å². The van der Waals surface area contributed by atoms with Gasteiger partial charge >= 0.3 is 5.97 Å². The van der Waals surface area contributed by atoms with E-state index in [4.69, 9.17) is 9.47 Å². The minimum atomic E-state index is -1.32. The maximum absolute atomic E-state index is 15.5. The number of hydrogen-bond acceptors (Lipinski definition) is 7. The number of methoxy groups -OCH3 is 1. The molecule has 0 aliphatic carbocycles. The van der Waals surface area contributed by atoms with Crippen molar-refractivity contribution in [1.29, 1.82) is 0 Å². The average molecular weight is 569 g/mol. The van der Waals surface area contributed by atoms with Gasteiger partial charge in [0, 0.05) is 44.3 Å². The third kappa shape index (κ3) is 4.90. The number of piperazine rings is 1. The zero-order valence-electron chi connectivity index (χ0n) is 23.1. The Morgan fingerprint density at radius 3 is 2.71 bits per heavy atom. The van der Waals surface area contributed by atoms with Crippen molar-refractivity contribution in [3.63, 3.8) is 0 Å². The molecule has 2 N–H and O–H groups in total. The van der Waals surface area contributed by atoms with E-state index in [9.17, 15) is 14.7 Å². The SMILES string of the molecule is COc1cc(C2CN(c3c(F)ccc4c3ncc3c4c(=O)c(C(=O)O)cn3C)CCN2)ccc1OCc1ccccc1. The van der Waals surface area contributed by atoms with Gasteiger partial charge in [-0.1, -0.05) is 36.4 Å². The van der Waals surface area contributed by atoms with Crippen molar-refractivity contribution in [2.45, 2.75) is 12.6 Å². The smallest absolute Gasteiger partial charge is 0.341 e. The molecule has 0 radical (unpaired) electrons. The number of nitrogens with zero attached hydrogens (tertiary/aromatic N) is 3. The van der Waals surface area contributed by atoms with Crippen LogP contribution in [0.1, 0.15) is 27.5 Å². The number of aromatic nitrogens is 2. The third-order valence-electron chi connectivity index (χ3n) is 7.67. The first-order chi connectivity index (χ1) is 20.4. The van der Waals surface area contributed by atoms with Crippen LogP contribution in [-0.2, 0) is 13.7 Å². The largest absolute Gasteiger partial charge is 0.493 e. The van der Waals surface area contributed by atoms with Crippen LogP contribution in [0.5, 0.6) is 11.5 Å². The van der Waals surface area contributed by atoms with E-state index < -0.39 is 17.2 Å². The Morgan fingerprint density at radius 1 is 1.14 bits per heavy atom. The highest BCUT2D eigenvalue weighted by molar-refractivity contribution is 6.09. The first kappa shape index (κ1) is 27.2. The maximum atomic E-state index is 15.5. The van der Waals surface area contributed by atoms with Crippen LogP contribution in [-0.4, -0.2) is 47.4 Å². The number of hydrogen-bond donors (Lipinski definition) is 2. The molecule has 5 aromatic rings. The first-order valence-electron chi connectivity index (χ1n) is 13.5. The van der Waals surface area contributed by atoms with Gasteiger partial charge in [-0.05, 0) is 35.4 Å². The molecule has 1 fully saturated rings. The van der Waals surface area contributed by atoms with Gasteiger partial charge in [0.05, 0.1) is 35.4 Å². The predicted molar refractivity (Wildman–Crippen MR) is 158 cm³/mol. The number of carboxylic acids is 1. The molecule has 3 aromatic carbocycles. The molecular formula is C32H29FN4O5. The topological polar surface area (TPSA) is 106 Å². The van der Waals surface area contributed by atoms with Crippen molar-refractivity contribution < 1.29 is 23.8 Å². The molecule has 0 saturated carbocycles. The van der Waals surface area contributed by atoms with E-state index in [1.165, 1.54) is 24.5 Å². The number of anilines is 1.